The fourth-order valence-electron chi connectivity index (χ4n) is 4.20. The Labute approximate surface area is 233 Å². The minimum Gasteiger partial charge on any atom is -0.268 e. The fraction of sp³-hybridized carbons (Fsp3) is 0.0333. The molecule has 0 radical (unpaired) electrons. The molecule has 5 rings (SSSR count). The van der Waals surface area contributed by atoms with Gasteiger partial charge in [-0.15, -0.1) is 0 Å². The summed E-state index contributed by atoms with van der Waals surface area (Å²) in [4.78, 5) is 30.5. The number of carbonyl (C=O) groups is 2. The van der Waals surface area contributed by atoms with Crippen molar-refractivity contribution in [3.05, 3.63) is 135 Å². The molecule has 0 bridgehead atoms. The number of hydrogen-bond donors (Lipinski definition) is 0. The number of thiocarbonyl (C=S) groups is 1. The van der Waals surface area contributed by atoms with Crippen LogP contribution in [-0.2, 0) is 16.0 Å². The lowest BCUT2D eigenvalue weighted by molar-refractivity contribution is -0.120. The predicted molar refractivity (Wildman–Crippen MR) is 157 cm³/mol. The molecule has 0 unspecified atom stereocenters. The van der Waals surface area contributed by atoms with Crippen molar-refractivity contribution in [1.82, 2.24) is 0 Å². The first-order chi connectivity index (χ1) is 17.9. The third-order valence-electron chi connectivity index (χ3n) is 6.02. The second-order valence-corrected chi connectivity index (χ2v) is 10.1. The normalized spacial score (nSPS) is 13.8. The standard InChI is InChI=1S/C30H20BrClN2O2S/c31-23-16-15-20(17-21-9-7-8-14-27(21)32)22(18-23)19-26-28(35)33(24-10-3-1-4-11-24)30(37)34(29(26)36)25-12-5-2-6-13-25/h1-16,18-19H,17H2. The predicted octanol–water partition coefficient (Wildman–Crippen LogP) is 7.44. The highest BCUT2D eigenvalue weighted by Gasteiger charge is 2.41. The van der Waals surface area contributed by atoms with Crippen molar-refractivity contribution < 1.29 is 9.59 Å². The van der Waals surface area contributed by atoms with Crippen molar-refractivity contribution in [2.24, 2.45) is 0 Å². The number of halogens is 2. The lowest BCUT2D eigenvalue weighted by Crippen LogP contribution is -2.56. The lowest BCUT2D eigenvalue weighted by atomic mass is 9.97. The van der Waals surface area contributed by atoms with Crippen LogP contribution in [0.3, 0.4) is 0 Å². The molecular weight excluding hydrogens is 568 g/mol. The molecule has 37 heavy (non-hydrogen) atoms. The first kappa shape index (κ1) is 25.1. The molecule has 0 spiro atoms. The van der Waals surface area contributed by atoms with Crippen LogP contribution in [0.15, 0.2) is 113 Å². The van der Waals surface area contributed by atoms with Crippen molar-refractivity contribution in [1.29, 1.82) is 0 Å². The number of hydrogen-bond acceptors (Lipinski definition) is 3. The van der Waals surface area contributed by atoms with E-state index in [1.54, 1.807) is 30.3 Å². The van der Waals surface area contributed by atoms with Crippen molar-refractivity contribution in [2.45, 2.75) is 6.42 Å². The SMILES string of the molecule is O=C1C(=Cc2cc(Br)ccc2Cc2ccccc2Cl)C(=O)N(c2ccccc2)C(=S)N1c1ccccc1. The van der Waals surface area contributed by atoms with Crippen molar-refractivity contribution >= 4 is 74.1 Å². The zero-order valence-electron chi connectivity index (χ0n) is 19.5. The van der Waals surface area contributed by atoms with E-state index < -0.39 is 11.8 Å². The van der Waals surface area contributed by atoms with Gasteiger partial charge in [0.1, 0.15) is 5.57 Å². The van der Waals surface area contributed by atoms with E-state index >= 15 is 0 Å². The van der Waals surface area contributed by atoms with Crippen LogP contribution in [0.25, 0.3) is 6.08 Å². The smallest absolute Gasteiger partial charge is 0.268 e. The molecule has 1 aliphatic heterocycles. The van der Waals surface area contributed by atoms with Gasteiger partial charge in [0.05, 0.1) is 11.4 Å². The molecule has 1 aliphatic rings. The van der Waals surface area contributed by atoms with Gasteiger partial charge < -0.3 is 0 Å². The van der Waals surface area contributed by atoms with Gasteiger partial charge in [-0.25, -0.2) is 0 Å². The first-order valence-corrected chi connectivity index (χ1v) is 13.1. The maximum absolute atomic E-state index is 13.8. The quantitative estimate of drug-likeness (QED) is 0.138. The summed E-state index contributed by atoms with van der Waals surface area (Å²) in [5.74, 6) is -0.950. The molecule has 1 saturated heterocycles. The van der Waals surface area contributed by atoms with E-state index in [1.165, 1.54) is 9.80 Å². The van der Waals surface area contributed by atoms with Gasteiger partial charge in [-0.2, -0.15) is 0 Å². The van der Waals surface area contributed by atoms with Crippen molar-refractivity contribution in [3.63, 3.8) is 0 Å². The summed E-state index contributed by atoms with van der Waals surface area (Å²) in [7, 11) is 0. The summed E-state index contributed by atoms with van der Waals surface area (Å²) < 4.78 is 0.827. The molecule has 1 fully saturated rings. The Morgan fingerprint density at radius 1 is 0.730 bits per heavy atom. The number of para-hydroxylation sites is 2. The number of carbonyl (C=O) groups excluding carboxylic acids is 2. The average molecular weight is 588 g/mol. The summed E-state index contributed by atoms with van der Waals surface area (Å²) in [6.45, 7) is 0. The molecule has 0 N–H and O–H groups in total. The molecule has 4 aromatic rings. The number of nitrogens with zero attached hydrogens (tertiary/aromatic N) is 2. The van der Waals surface area contributed by atoms with Crippen LogP contribution in [-0.4, -0.2) is 16.9 Å². The van der Waals surface area contributed by atoms with Crippen LogP contribution in [0.1, 0.15) is 16.7 Å². The van der Waals surface area contributed by atoms with E-state index in [0.29, 0.717) is 22.8 Å². The van der Waals surface area contributed by atoms with Gasteiger partial charge in [-0.05, 0) is 83.9 Å². The molecule has 1 heterocycles. The summed E-state index contributed by atoms with van der Waals surface area (Å²) in [5.41, 5.74) is 3.80. The molecule has 0 atom stereocenters. The van der Waals surface area contributed by atoms with Crippen LogP contribution in [0.5, 0.6) is 0 Å². The van der Waals surface area contributed by atoms with E-state index in [-0.39, 0.29) is 10.7 Å². The second kappa shape index (κ2) is 10.8. The van der Waals surface area contributed by atoms with Gasteiger partial charge in [-0.3, -0.25) is 19.4 Å². The third kappa shape index (κ3) is 5.14. The zero-order chi connectivity index (χ0) is 25.9. The van der Waals surface area contributed by atoms with E-state index in [1.807, 2.05) is 78.9 Å². The van der Waals surface area contributed by atoms with Crippen molar-refractivity contribution in [2.75, 3.05) is 9.80 Å². The maximum Gasteiger partial charge on any atom is 0.270 e. The van der Waals surface area contributed by atoms with Crippen molar-refractivity contribution in [3.8, 4) is 0 Å². The van der Waals surface area contributed by atoms with Gasteiger partial charge >= 0.3 is 0 Å². The number of anilines is 2. The summed E-state index contributed by atoms with van der Waals surface area (Å²) in [6, 6.07) is 31.6. The molecule has 4 nitrogen and oxygen atoms in total. The highest BCUT2D eigenvalue weighted by molar-refractivity contribution is 9.10. The van der Waals surface area contributed by atoms with Crippen LogP contribution in [0, 0.1) is 0 Å². The summed E-state index contributed by atoms with van der Waals surface area (Å²) >= 11 is 15.6. The number of amides is 2. The molecule has 7 heteroatoms. The Bertz CT molecular complexity index is 1480. The molecule has 0 aromatic heterocycles. The van der Waals surface area contributed by atoms with Crippen LogP contribution in [0.2, 0.25) is 5.02 Å². The fourth-order valence-corrected chi connectivity index (χ4v) is 5.16. The van der Waals surface area contributed by atoms with Crippen LogP contribution in [0.4, 0.5) is 11.4 Å². The van der Waals surface area contributed by atoms with Crippen LogP contribution < -0.4 is 9.80 Å². The molecule has 4 aromatic carbocycles. The molecule has 0 saturated carbocycles. The van der Waals surface area contributed by atoms with E-state index in [9.17, 15) is 9.59 Å². The summed E-state index contributed by atoms with van der Waals surface area (Å²) in [6.07, 6.45) is 2.19. The van der Waals surface area contributed by atoms with Gasteiger partial charge in [0.25, 0.3) is 11.8 Å². The molecule has 2 amide bonds. The Morgan fingerprint density at radius 2 is 1.27 bits per heavy atom. The second-order valence-electron chi connectivity index (χ2n) is 8.40. The Hall–Kier alpha value is -3.58. The zero-order valence-corrected chi connectivity index (χ0v) is 22.6. The summed E-state index contributed by atoms with van der Waals surface area (Å²) in [5, 5.41) is 0.764. The van der Waals surface area contributed by atoms with E-state index in [4.69, 9.17) is 23.8 Å². The van der Waals surface area contributed by atoms with Gasteiger partial charge in [0, 0.05) is 9.50 Å². The highest BCUT2D eigenvalue weighted by atomic mass is 79.9. The number of rotatable bonds is 5. The minimum atomic E-state index is -0.475. The third-order valence-corrected chi connectivity index (χ3v) is 7.25. The number of benzene rings is 4. The van der Waals surface area contributed by atoms with E-state index in [2.05, 4.69) is 15.9 Å². The monoisotopic (exact) mass is 586 g/mol. The Kier molecular flexibility index (Phi) is 7.33. The lowest BCUT2D eigenvalue weighted by Gasteiger charge is -2.36. The Balaban J connectivity index is 1.65. The first-order valence-electron chi connectivity index (χ1n) is 11.5. The minimum absolute atomic E-state index is 0.0137. The molecular formula is C30H20BrClN2O2S. The molecule has 182 valence electrons. The van der Waals surface area contributed by atoms with Crippen LogP contribution >= 0.6 is 39.7 Å². The largest absolute Gasteiger partial charge is 0.270 e. The molecule has 0 aliphatic carbocycles. The van der Waals surface area contributed by atoms with E-state index in [0.717, 1.165) is 21.2 Å². The van der Waals surface area contributed by atoms with Gasteiger partial charge in [0.15, 0.2) is 5.11 Å². The van der Waals surface area contributed by atoms with Gasteiger partial charge in [0.2, 0.25) is 0 Å². The van der Waals surface area contributed by atoms with Gasteiger partial charge in [-0.1, -0.05) is 88.2 Å². The highest BCUT2D eigenvalue weighted by Crippen LogP contribution is 2.31. The Morgan fingerprint density at radius 3 is 1.84 bits per heavy atom. The maximum atomic E-state index is 13.8. The topological polar surface area (TPSA) is 40.6 Å². The average Bonchev–Trinajstić information content (AvgIpc) is 2.90.